The van der Waals surface area contributed by atoms with Crippen molar-refractivity contribution in [3.8, 4) is 5.75 Å². The summed E-state index contributed by atoms with van der Waals surface area (Å²) in [5, 5.41) is 16.1. The van der Waals surface area contributed by atoms with Gasteiger partial charge in [0.1, 0.15) is 5.82 Å². The number of nitrogens with zero attached hydrogens (tertiary/aromatic N) is 4. The number of aromatic nitrogens is 2. The van der Waals surface area contributed by atoms with Crippen molar-refractivity contribution < 1.29 is 14.5 Å². The Morgan fingerprint density at radius 1 is 1.31 bits per heavy atom. The molecule has 1 aromatic heterocycles. The summed E-state index contributed by atoms with van der Waals surface area (Å²) in [6.07, 6.45) is 1.96. The Morgan fingerprint density at radius 2 is 2.03 bits per heavy atom. The van der Waals surface area contributed by atoms with Gasteiger partial charge in [-0.1, -0.05) is 45.7 Å². The molecule has 0 amide bonds. The Balaban J connectivity index is 2.26. The summed E-state index contributed by atoms with van der Waals surface area (Å²) in [5.41, 5.74) is -0.108. The van der Waals surface area contributed by atoms with Crippen LogP contribution in [-0.4, -0.2) is 26.8 Å². The molecule has 0 spiro atoms. The molecule has 0 aliphatic rings. The minimum Gasteiger partial charge on any atom is -0.419 e. The molecule has 3 aromatic rings. The normalized spacial score (nSPS) is 12.3. The molecule has 0 radical (unpaired) electrons. The Labute approximate surface area is 199 Å². The molecule has 0 aliphatic heterocycles. The van der Waals surface area contributed by atoms with E-state index in [1.165, 1.54) is 23.0 Å². The van der Waals surface area contributed by atoms with Gasteiger partial charge in [0.2, 0.25) is 5.75 Å². The molecule has 9 nitrogen and oxygen atoms in total. The van der Waals surface area contributed by atoms with Gasteiger partial charge in [0.25, 0.3) is 5.56 Å². The molecule has 166 valence electrons. The first kappa shape index (κ1) is 23.7. The zero-order valence-corrected chi connectivity index (χ0v) is 20.5. The van der Waals surface area contributed by atoms with Gasteiger partial charge in [0.15, 0.2) is 0 Å². The fraction of sp³-hybridized carbons (Fsp3) is 0.238. The van der Waals surface area contributed by atoms with E-state index in [4.69, 9.17) is 4.74 Å². The van der Waals surface area contributed by atoms with Gasteiger partial charge >= 0.3 is 11.7 Å². The SMILES string of the molecule is CC[C@H](C)c1nc2ccc(Br)cc2c(=O)n1N=Cc1cc(Br)cc([N+](=O)[O-])c1OC(C)=O. The smallest absolute Gasteiger partial charge is 0.313 e. The van der Waals surface area contributed by atoms with E-state index in [-0.39, 0.29) is 22.8 Å². The van der Waals surface area contributed by atoms with Crippen molar-refractivity contribution in [3.05, 3.63) is 71.1 Å². The number of carbonyl (C=O) groups is 1. The second kappa shape index (κ2) is 9.70. The third-order valence-electron chi connectivity index (χ3n) is 4.70. The van der Waals surface area contributed by atoms with Gasteiger partial charge in [-0.3, -0.25) is 19.7 Å². The molecule has 3 rings (SSSR count). The zero-order valence-electron chi connectivity index (χ0n) is 17.3. The average Bonchev–Trinajstić information content (AvgIpc) is 2.73. The summed E-state index contributed by atoms with van der Waals surface area (Å²) in [6, 6.07) is 7.94. The molecule has 0 fully saturated rings. The van der Waals surface area contributed by atoms with Gasteiger partial charge in [-0.05, 0) is 30.7 Å². The molecule has 0 N–H and O–H groups in total. The van der Waals surface area contributed by atoms with Gasteiger partial charge in [0.05, 0.1) is 22.0 Å². The van der Waals surface area contributed by atoms with E-state index in [1.807, 2.05) is 13.8 Å². The van der Waals surface area contributed by atoms with Gasteiger partial charge < -0.3 is 4.74 Å². The maximum Gasteiger partial charge on any atom is 0.313 e. The highest BCUT2D eigenvalue weighted by molar-refractivity contribution is 9.10. The summed E-state index contributed by atoms with van der Waals surface area (Å²) in [4.78, 5) is 40.2. The Bertz CT molecular complexity index is 1320. The first-order valence-electron chi connectivity index (χ1n) is 9.55. The lowest BCUT2D eigenvalue weighted by molar-refractivity contribution is -0.385. The van der Waals surface area contributed by atoms with E-state index in [2.05, 4.69) is 41.9 Å². The van der Waals surface area contributed by atoms with Crippen molar-refractivity contribution in [2.24, 2.45) is 5.10 Å². The van der Waals surface area contributed by atoms with Crippen LogP contribution in [0.1, 0.15) is 44.5 Å². The number of rotatable bonds is 6. The quantitative estimate of drug-likeness (QED) is 0.134. The molecule has 0 unspecified atom stereocenters. The highest BCUT2D eigenvalue weighted by atomic mass is 79.9. The van der Waals surface area contributed by atoms with Crippen LogP contribution in [0, 0.1) is 10.1 Å². The van der Waals surface area contributed by atoms with Gasteiger partial charge in [0, 0.05) is 33.4 Å². The Kier molecular flexibility index (Phi) is 7.19. The summed E-state index contributed by atoms with van der Waals surface area (Å²) >= 11 is 6.58. The predicted octanol–water partition coefficient (Wildman–Crippen LogP) is 5.15. The number of hydrogen-bond donors (Lipinski definition) is 0. The fourth-order valence-corrected chi connectivity index (χ4v) is 3.81. The van der Waals surface area contributed by atoms with Crippen LogP contribution in [0.4, 0.5) is 5.69 Å². The lowest BCUT2D eigenvalue weighted by Gasteiger charge is -2.14. The molecular formula is C21H18Br2N4O5. The number of hydrogen-bond acceptors (Lipinski definition) is 7. The molecule has 1 atom stereocenters. The van der Waals surface area contributed by atoms with Crippen LogP contribution in [-0.2, 0) is 4.79 Å². The van der Waals surface area contributed by atoms with Crippen LogP contribution in [0.15, 0.2) is 49.2 Å². The molecule has 11 heteroatoms. The molecule has 2 aromatic carbocycles. The minimum absolute atomic E-state index is 0.0855. The molecule has 0 bridgehead atoms. The number of ether oxygens (including phenoxy) is 1. The average molecular weight is 566 g/mol. The molecule has 32 heavy (non-hydrogen) atoms. The molecule has 0 saturated carbocycles. The van der Waals surface area contributed by atoms with E-state index in [1.54, 1.807) is 18.2 Å². The van der Waals surface area contributed by atoms with Crippen molar-refractivity contribution in [1.29, 1.82) is 0 Å². The summed E-state index contributed by atoms with van der Waals surface area (Å²) < 4.78 is 7.37. The second-order valence-electron chi connectivity index (χ2n) is 7.00. The third kappa shape index (κ3) is 4.94. The number of nitro benzene ring substituents is 1. The maximum atomic E-state index is 13.2. The topological polar surface area (TPSA) is 117 Å². The van der Waals surface area contributed by atoms with E-state index < -0.39 is 16.6 Å². The van der Waals surface area contributed by atoms with Crippen LogP contribution in [0.5, 0.6) is 5.75 Å². The highest BCUT2D eigenvalue weighted by Gasteiger charge is 2.22. The number of fused-ring (bicyclic) bond motifs is 1. The van der Waals surface area contributed by atoms with Crippen LogP contribution >= 0.6 is 31.9 Å². The number of nitro groups is 1. The molecule has 0 saturated heterocycles. The van der Waals surface area contributed by atoms with Crippen LogP contribution in [0.3, 0.4) is 0 Å². The predicted molar refractivity (Wildman–Crippen MR) is 128 cm³/mol. The summed E-state index contributed by atoms with van der Waals surface area (Å²) in [6.45, 7) is 5.03. The number of esters is 1. The number of halogens is 2. The minimum atomic E-state index is -0.722. The zero-order chi connectivity index (χ0) is 23.6. The molecule has 0 aliphatic carbocycles. The van der Waals surface area contributed by atoms with Crippen LogP contribution in [0.25, 0.3) is 10.9 Å². The van der Waals surface area contributed by atoms with Gasteiger partial charge in [-0.2, -0.15) is 9.78 Å². The van der Waals surface area contributed by atoms with Crippen molar-refractivity contribution in [2.75, 3.05) is 0 Å². The van der Waals surface area contributed by atoms with E-state index in [0.717, 1.165) is 11.4 Å². The largest absolute Gasteiger partial charge is 0.419 e. The van der Waals surface area contributed by atoms with Gasteiger partial charge in [-0.15, -0.1) is 0 Å². The Morgan fingerprint density at radius 3 is 2.66 bits per heavy atom. The van der Waals surface area contributed by atoms with E-state index in [0.29, 0.717) is 27.6 Å². The van der Waals surface area contributed by atoms with Crippen LogP contribution in [0.2, 0.25) is 0 Å². The standard InChI is InChI=1S/C21H18Br2N4O5/c1-4-11(2)20-25-17-6-5-14(22)8-16(17)21(29)26(20)24-10-13-7-15(23)9-18(27(30)31)19(13)32-12(3)28/h5-11H,4H2,1-3H3/t11-/m0/s1. The van der Waals surface area contributed by atoms with Crippen molar-refractivity contribution in [2.45, 2.75) is 33.1 Å². The van der Waals surface area contributed by atoms with Crippen LogP contribution < -0.4 is 10.3 Å². The number of carbonyl (C=O) groups excluding carboxylic acids is 1. The molecular weight excluding hydrogens is 548 g/mol. The van der Waals surface area contributed by atoms with Crippen molar-refractivity contribution >= 4 is 60.6 Å². The first-order chi connectivity index (χ1) is 15.1. The fourth-order valence-electron chi connectivity index (χ4n) is 2.99. The number of benzene rings is 2. The lowest BCUT2D eigenvalue weighted by atomic mass is 10.1. The first-order valence-corrected chi connectivity index (χ1v) is 11.1. The van der Waals surface area contributed by atoms with Crippen molar-refractivity contribution in [3.63, 3.8) is 0 Å². The van der Waals surface area contributed by atoms with E-state index in [9.17, 15) is 19.7 Å². The maximum absolute atomic E-state index is 13.2. The van der Waals surface area contributed by atoms with E-state index >= 15 is 0 Å². The lowest BCUT2D eigenvalue weighted by Crippen LogP contribution is -2.23. The Hall–Kier alpha value is -2.92. The summed E-state index contributed by atoms with van der Waals surface area (Å²) in [5.74, 6) is -0.622. The monoisotopic (exact) mass is 564 g/mol. The second-order valence-corrected chi connectivity index (χ2v) is 8.83. The summed E-state index contributed by atoms with van der Waals surface area (Å²) in [7, 11) is 0. The third-order valence-corrected chi connectivity index (χ3v) is 5.66. The van der Waals surface area contributed by atoms with Gasteiger partial charge in [-0.25, -0.2) is 4.98 Å². The van der Waals surface area contributed by atoms with Crippen molar-refractivity contribution in [1.82, 2.24) is 9.66 Å². The molecule has 1 heterocycles. The highest BCUT2D eigenvalue weighted by Crippen LogP contribution is 2.34.